The minimum atomic E-state index is 0.606. The molecule has 1 atom stereocenters. The van der Waals surface area contributed by atoms with E-state index in [0.29, 0.717) is 5.92 Å². The van der Waals surface area contributed by atoms with Crippen LogP contribution in [0.4, 0.5) is 11.6 Å². The Balaban J connectivity index is 2.29. The molecular formula is C15H19N3. The summed E-state index contributed by atoms with van der Waals surface area (Å²) in [5.74, 6) is 2.52. The Hall–Kier alpha value is -1.90. The van der Waals surface area contributed by atoms with Crippen LogP contribution in [0.2, 0.25) is 0 Å². The third kappa shape index (κ3) is 3.06. The summed E-state index contributed by atoms with van der Waals surface area (Å²) >= 11 is 0. The van der Waals surface area contributed by atoms with Gasteiger partial charge < -0.3 is 4.90 Å². The molecule has 0 bridgehead atoms. The van der Waals surface area contributed by atoms with E-state index in [2.05, 4.69) is 28.7 Å². The number of anilines is 2. The lowest BCUT2D eigenvalue weighted by atomic mass is 10.1. The first-order valence-corrected chi connectivity index (χ1v) is 6.41. The first kappa shape index (κ1) is 12.6. The Bertz CT molecular complexity index is 416. The van der Waals surface area contributed by atoms with E-state index < -0.39 is 0 Å². The lowest BCUT2D eigenvalue weighted by Gasteiger charge is -2.25. The number of nitrogens with zero attached hydrogens (tertiary/aromatic N) is 3. The van der Waals surface area contributed by atoms with Crippen molar-refractivity contribution in [3.8, 4) is 0 Å². The molecule has 18 heavy (non-hydrogen) atoms. The van der Waals surface area contributed by atoms with Gasteiger partial charge in [-0.25, -0.2) is 9.97 Å². The zero-order chi connectivity index (χ0) is 12.8. The topological polar surface area (TPSA) is 29.0 Å². The lowest BCUT2D eigenvalue weighted by Crippen LogP contribution is -2.25. The van der Waals surface area contributed by atoms with Gasteiger partial charge in [0, 0.05) is 18.9 Å². The summed E-state index contributed by atoms with van der Waals surface area (Å²) in [4.78, 5) is 11.0. The Labute approximate surface area is 109 Å². The SMILES string of the molecule is CC[C@H](C)CN(c1ccccn1)c1ccccn1. The Morgan fingerprint density at radius 3 is 1.94 bits per heavy atom. The van der Waals surface area contributed by atoms with Crippen molar-refractivity contribution in [1.29, 1.82) is 0 Å². The van der Waals surface area contributed by atoms with Crippen LogP contribution in [0, 0.1) is 5.92 Å². The van der Waals surface area contributed by atoms with Crippen LogP contribution < -0.4 is 4.90 Å². The van der Waals surface area contributed by atoms with Gasteiger partial charge in [0.2, 0.25) is 0 Å². The molecule has 0 aliphatic heterocycles. The third-order valence-electron chi connectivity index (χ3n) is 3.04. The van der Waals surface area contributed by atoms with Crippen molar-refractivity contribution in [3.05, 3.63) is 48.8 Å². The quantitative estimate of drug-likeness (QED) is 0.800. The largest absolute Gasteiger partial charge is 0.311 e. The molecule has 3 nitrogen and oxygen atoms in total. The van der Waals surface area contributed by atoms with Crippen molar-refractivity contribution in [2.45, 2.75) is 20.3 Å². The summed E-state index contributed by atoms with van der Waals surface area (Å²) < 4.78 is 0. The molecule has 94 valence electrons. The molecule has 2 aromatic rings. The molecule has 0 aliphatic rings. The number of rotatable bonds is 5. The average molecular weight is 241 g/mol. The van der Waals surface area contributed by atoms with Crippen LogP contribution in [0.1, 0.15) is 20.3 Å². The molecule has 0 aliphatic carbocycles. The highest BCUT2D eigenvalue weighted by atomic mass is 15.2. The summed E-state index contributed by atoms with van der Waals surface area (Å²) in [6, 6.07) is 11.9. The van der Waals surface area contributed by atoms with E-state index in [1.807, 2.05) is 48.8 Å². The van der Waals surface area contributed by atoms with Crippen molar-refractivity contribution in [3.63, 3.8) is 0 Å². The highest BCUT2D eigenvalue weighted by molar-refractivity contribution is 5.55. The molecule has 0 radical (unpaired) electrons. The van der Waals surface area contributed by atoms with Gasteiger partial charge in [0.05, 0.1) is 0 Å². The van der Waals surface area contributed by atoms with Crippen molar-refractivity contribution < 1.29 is 0 Å². The van der Waals surface area contributed by atoms with E-state index in [1.54, 1.807) is 0 Å². The first-order chi connectivity index (χ1) is 8.81. The first-order valence-electron chi connectivity index (χ1n) is 6.41. The number of pyridine rings is 2. The number of aromatic nitrogens is 2. The molecule has 2 heterocycles. The smallest absolute Gasteiger partial charge is 0.134 e. The fourth-order valence-electron chi connectivity index (χ4n) is 1.77. The van der Waals surface area contributed by atoms with Crippen LogP contribution in [0.5, 0.6) is 0 Å². The molecule has 2 aromatic heterocycles. The average Bonchev–Trinajstić information content (AvgIpc) is 2.46. The van der Waals surface area contributed by atoms with Gasteiger partial charge in [-0.3, -0.25) is 0 Å². The second-order valence-corrected chi connectivity index (χ2v) is 4.50. The number of hydrogen-bond acceptors (Lipinski definition) is 3. The Kier molecular flexibility index (Phi) is 4.29. The predicted octanol–water partition coefficient (Wildman–Crippen LogP) is 3.66. The third-order valence-corrected chi connectivity index (χ3v) is 3.04. The maximum atomic E-state index is 4.43. The zero-order valence-corrected chi connectivity index (χ0v) is 11.0. The fraction of sp³-hybridized carbons (Fsp3) is 0.333. The van der Waals surface area contributed by atoms with Crippen LogP contribution in [0.15, 0.2) is 48.8 Å². The van der Waals surface area contributed by atoms with Gasteiger partial charge in [-0.1, -0.05) is 32.4 Å². The highest BCUT2D eigenvalue weighted by Crippen LogP contribution is 2.22. The van der Waals surface area contributed by atoms with Crippen LogP contribution >= 0.6 is 0 Å². The van der Waals surface area contributed by atoms with Crippen molar-refractivity contribution in [2.24, 2.45) is 5.92 Å². The van der Waals surface area contributed by atoms with E-state index in [9.17, 15) is 0 Å². The van der Waals surface area contributed by atoms with Gasteiger partial charge in [0.1, 0.15) is 11.6 Å². The normalized spacial score (nSPS) is 12.1. The molecule has 0 amide bonds. The molecule has 0 saturated carbocycles. The van der Waals surface area contributed by atoms with Gasteiger partial charge in [-0.2, -0.15) is 0 Å². The summed E-state index contributed by atoms with van der Waals surface area (Å²) in [6.07, 6.45) is 4.79. The molecule has 0 unspecified atom stereocenters. The van der Waals surface area contributed by atoms with Crippen molar-refractivity contribution in [1.82, 2.24) is 9.97 Å². The van der Waals surface area contributed by atoms with Crippen molar-refractivity contribution in [2.75, 3.05) is 11.4 Å². The Morgan fingerprint density at radius 2 is 1.56 bits per heavy atom. The second kappa shape index (κ2) is 6.15. The van der Waals surface area contributed by atoms with Crippen molar-refractivity contribution >= 4 is 11.6 Å². The monoisotopic (exact) mass is 241 g/mol. The van der Waals surface area contributed by atoms with E-state index in [4.69, 9.17) is 0 Å². The van der Waals surface area contributed by atoms with Gasteiger partial charge in [0.15, 0.2) is 0 Å². The number of hydrogen-bond donors (Lipinski definition) is 0. The zero-order valence-electron chi connectivity index (χ0n) is 11.0. The molecule has 0 spiro atoms. The van der Waals surface area contributed by atoms with Crippen LogP contribution in [-0.4, -0.2) is 16.5 Å². The summed E-state index contributed by atoms with van der Waals surface area (Å²) in [6.45, 7) is 5.39. The van der Waals surface area contributed by atoms with Gasteiger partial charge in [-0.05, 0) is 30.2 Å². The molecule has 0 N–H and O–H groups in total. The van der Waals surface area contributed by atoms with E-state index >= 15 is 0 Å². The molecule has 2 rings (SSSR count). The Morgan fingerprint density at radius 1 is 1.00 bits per heavy atom. The summed E-state index contributed by atoms with van der Waals surface area (Å²) in [7, 11) is 0. The van der Waals surface area contributed by atoms with Crippen LogP contribution in [0.25, 0.3) is 0 Å². The van der Waals surface area contributed by atoms with E-state index in [1.165, 1.54) is 0 Å². The lowest BCUT2D eigenvalue weighted by molar-refractivity contribution is 0.565. The summed E-state index contributed by atoms with van der Waals surface area (Å²) in [5, 5.41) is 0. The highest BCUT2D eigenvalue weighted by Gasteiger charge is 2.13. The maximum absolute atomic E-state index is 4.43. The minimum absolute atomic E-state index is 0.606. The van der Waals surface area contributed by atoms with Gasteiger partial charge >= 0.3 is 0 Å². The van der Waals surface area contributed by atoms with Gasteiger partial charge in [0.25, 0.3) is 0 Å². The second-order valence-electron chi connectivity index (χ2n) is 4.50. The minimum Gasteiger partial charge on any atom is -0.311 e. The standard InChI is InChI=1S/C15H19N3/c1-3-13(2)12-18(14-8-4-6-10-16-14)15-9-5-7-11-17-15/h4-11,13H,3,12H2,1-2H3/t13-/m0/s1. The van der Waals surface area contributed by atoms with Crippen LogP contribution in [0.3, 0.4) is 0 Å². The summed E-state index contributed by atoms with van der Waals surface area (Å²) in [5.41, 5.74) is 0. The molecular weight excluding hydrogens is 222 g/mol. The molecule has 0 saturated heterocycles. The van der Waals surface area contributed by atoms with E-state index in [-0.39, 0.29) is 0 Å². The molecule has 0 fully saturated rings. The molecule has 0 aromatic carbocycles. The molecule has 3 heteroatoms. The van der Waals surface area contributed by atoms with E-state index in [0.717, 1.165) is 24.6 Å². The predicted molar refractivity (Wildman–Crippen MR) is 74.9 cm³/mol. The fourth-order valence-corrected chi connectivity index (χ4v) is 1.77. The van der Waals surface area contributed by atoms with Crippen LogP contribution in [-0.2, 0) is 0 Å². The van der Waals surface area contributed by atoms with Gasteiger partial charge in [-0.15, -0.1) is 0 Å². The maximum Gasteiger partial charge on any atom is 0.134 e.